The minimum atomic E-state index is -4.28. The van der Waals surface area contributed by atoms with Crippen LogP contribution >= 0.6 is 0 Å². The first-order chi connectivity index (χ1) is 9.41. The number of anilines is 1. The lowest BCUT2D eigenvalue weighted by Gasteiger charge is -2.33. The molecule has 1 fully saturated rings. The molecule has 1 unspecified atom stereocenters. The van der Waals surface area contributed by atoms with Crippen molar-refractivity contribution >= 4 is 11.7 Å². The van der Waals surface area contributed by atoms with Crippen molar-refractivity contribution in [2.75, 3.05) is 18.5 Å². The molecule has 2 rings (SSSR count). The number of likely N-dealkylation sites (tertiary alicyclic amines) is 1. The topological polar surface area (TPSA) is 84.1 Å². The lowest BCUT2D eigenvalue weighted by molar-refractivity contribution is -0.184. The number of hydrazine groups is 1. The molecule has 0 radical (unpaired) electrons. The lowest BCUT2D eigenvalue weighted by Crippen LogP contribution is -2.44. The van der Waals surface area contributed by atoms with Crippen LogP contribution in [0, 0.1) is 5.92 Å². The van der Waals surface area contributed by atoms with Crippen LogP contribution in [0.2, 0.25) is 0 Å². The maximum Gasteiger partial charge on any atom is 0.393 e. The number of nitrogens with one attached hydrogen (secondary N) is 1. The van der Waals surface area contributed by atoms with Crippen LogP contribution in [0.3, 0.4) is 0 Å². The fraction of sp³-hybridized carbons (Fsp3) is 0.545. The molecule has 1 aliphatic rings. The Labute approximate surface area is 113 Å². The predicted octanol–water partition coefficient (Wildman–Crippen LogP) is 1.18. The zero-order valence-corrected chi connectivity index (χ0v) is 10.5. The molecule has 20 heavy (non-hydrogen) atoms. The summed E-state index contributed by atoms with van der Waals surface area (Å²) < 4.78 is 38.1. The van der Waals surface area contributed by atoms with Gasteiger partial charge in [-0.05, 0) is 25.0 Å². The van der Waals surface area contributed by atoms with E-state index in [-0.39, 0.29) is 24.5 Å². The van der Waals surface area contributed by atoms with Crippen LogP contribution in [0.5, 0.6) is 0 Å². The number of hydrogen-bond acceptors (Lipinski definition) is 5. The smallest absolute Gasteiger partial charge is 0.337 e. The number of rotatable bonds is 2. The van der Waals surface area contributed by atoms with Gasteiger partial charge < -0.3 is 10.3 Å². The number of nitrogen functional groups attached to an aromatic ring is 1. The summed E-state index contributed by atoms with van der Waals surface area (Å²) in [5.74, 6) is 3.36. The van der Waals surface area contributed by atoms with E-state index in [9.17, 15) is 18.0 Å². The Balaban J connectivity index is 2.08. The minimum Gasteiger partial charge on any atom is -0.337 e. The van der Waals surface area contributed by atoms with Crippen LogP contribution < -0.4 is 11.3 Å². The number of amides is 1. The molecular weight excluding hydrogens is 275 g/mol. The SMILES string of the molecule is NNc1ccc(C(=O)N2CCCC(C(F)(F)F)C2)nn1. The van der Waals surface area contributed by atoms with Crippen LogP contribution in [-0.2, 0) is 0 Å². The molecule has 9 heteroatoms. The van der Waals surface area contributed by atoms with E-state index in [0.29, 0.717) is 13.0 Å². The number of nitrogens with two attached hydrogens (primary N) is 1. The normalized spacial score (nSPS) is 19.8. The third kappa shape index (κ3) is 3.16. The molecule has 2 heterocycles. The molecule has 0 spiro atoms. The number of carbonyl (C=O) groups is 1. The Bertz CT molecular complexity index is 476. The molecule has 1 aliphatic heterocycles. The Morgan fingerprint density at radius 2 is 2.15 bits per heavy atom. The number of nitrogens with zero attached hydrogens (tertiary/aromatic N) is 3. The molecule has 1 amide bonds. The van der Waals surface area contributed by atoms with E-state index in [4.69, 9.17) is 5.84 Å². The molecule has 1 aromatic rings. The van der Waals surface area contributed by atoms with Crippen LogP contribution in [0.25, 0.3) is 0 Å². The number of hydrogen-bond donors (Lipinski definition) is 2. The van der Waals surface area contributed by atoms with Crippen molar-refractivity contribution in [3.05, 3.63) is 17.8 Å². The highest BCUT2D eigenvalue weighted by atomic mass is 19.4. The number of aromatic nitrogens is 2. The van der Waals surface area contributed by atoms with Crippen molar-refractivity contribution in [1.82, 2.24) is 15.1 Å². The lowest BCUT2D eigenvalue weighted by atomic mass is 9.97. The molecule has 1 aromatic heterocycles. The Hall–Kier alpha value is -1.90. The number of carbonyl (C=O) groups excluding carboxylic acids is 1. The first-order valence-corrected chi connectivity index (χ1v) is 6.08. The van der Waals surface area contributed by atoms with E-state index in [2.05, 4.69) is 15.6 Å². The molecule has 6 nitrogen and oxygen atoms in total. The van der Waals surface area contributed by atoms with E-state index in [1.165, 1.54) is 17.0 Å². The average Bonchev–Trinajstić information content (AvgIpc) is 2.46. The third-order valence-electron chi connectivity index (χ3n) is 3.20. The van der Waals surface area contributed by atoms with Crippen molar-refractivity contribution in [2.45, 2.75) is 19.0 Å². The summed E-state index contributed by atoms with van der Waals surface area (Å²) in [7, 11) is 0. The fourth-order valence-corrected chi connectivity index (χ4v) is 2.11. The molecule has 0 saturated carbocycles. The number of alkyl halides is 3. The van der Waals surface area contributed by atoms with Gasteiger partial charge in [0.2, 0.25) is 0 Å². The third-order valence-corrected chi connectivity index (χ3v) is 3.20. The van der Waals surface area contributed by atoms with E-state index in [0.717, 1.165) is 0 Å². The quantitative estimate of drug-likeness (QED) is 0.631. The standard InChI is InChI=1S/C11H14F3N5O/c12-11(13,14)7-2-1-5-19(6-7)10(20)8-3-4-9(16-15)18-17-8/h3-4,7H,1-2,5-6,15H2,(H,16,18). The summed E-state index contributed by atoms with van der Waals surface area (Å²) in [6.07, 6.45) is -3.90. The van der Waals surface area contributed by atoms with Crippen molar-refractivity contribution in [3.63, 3.8) is 0 Å². The summed E-state index contributed by atoms with van der Waals surface area (Å²) in [4.78, 5) is 13.2. The molecule has 0 aliphatic carbocycles. The van der Waals surface area contributed by atoms with Crippen molar-refractivity contribution in [1.29, 1.82) is 0 Å². The van der Waals surface area contributed by atoms with E-state index in [1.807, 2.05) is 0 Å². The van der Waals surface area contributed by atoms with Gasteiger partial charge in [-0.2, -0.15) is 13.2 Å². The number of halogens is 3. The van der Waals surface area contributed by atoms with Gasteiger partial charge in [0.15, 0.2) is 11.5 Å². The maximum atomic E-state index is 12.7. The van der Waals surface area contributed by atoms with E-state index in [1.54, 1.807) is 0 Å². The van der Waals surface area contributed by atoms with Gasteiger partial charge in [0, 0.05) is 13.1 Å². The first kappa shape index (κ1) is 14.5. The molecule has 0 bridgehead atoms. The Morgan fingerprint density at radius 3 is 2.70 bits per heavy atom. The van der Waals surface area contributed by atoms with Gasteiger partial charge in [-0.1, -0.05) is 0 Å². The van der Waals surface area contributed by atoms with Crippen LogP contribution in [0.1, 0.15) is 23.3 Å². The second kappa shape index (κ2) is 5.61. The molecule has 110 valence electrons. The van der Waals surface area contributed by atoms with Gasteiger partial charge in [0.25, 0.3) is 5.91 Å². The summed E-state index contributed by atoms with van der Waals surface area (Å²) in [6, 6.07) is 2.81. The second-order valence-electron chi connectivity index (χ2n) is 4.58. The van der Waals surface area contributed by atoms with E-state index < -0.39 is 18.0 Å². The minimum absolute atomic E-state index is 0.00632. The van der Waals surface area contributed by atoms with Gasteiger partial charge in [0.05, 0.1) is 5.92 Å². The summed E-state index contributed by atoms with van der Waals surface area (Å²) in [6.45, 7) is -0.0368. The predicted molar refractivity (Wildman–Crippen MR) is 64.5 cm³/mol. The fourth-order valence-electron chi connectivity index (χ4n) is 2.11. The van der Waals surface area contributed by atoms with Gasteiger partial charge in [-0.3, -0.25) is 4.79 Å². The summed E-state index contributed by atoms with van der Waals surface area (Å²) in [5.41, 5.74) is 2.26. The van der Waals surface area contributed by atoms with Crippen molar-refractivity contribution in [3.8, 4) is 0 Å². The second-order valence-corrected chi connectivity index (χ2v) is 4.58. The summed E-state index contributed by atoms with van der Waals surface area (Å²) in [5, 5.41) is 7.27. The summed E-state index contributed by atoms with van der Waals surface area (Å²) >= 11 is 0. The highest BCUT2D eigenvalue weighted by Gasteiger charge is 2.42. The molecular formula is C11H14F3N5O. The monoisotopic (exact) mass is 289 g/mol. The first-order valence-electron chi connectivity index (χ1n) is 6.08. The number of piperidine rings is 1. The zero-order valence-electron chi connectivity index (χ0n) is 10.5. The van der Waals surface area contributed by atoms with Crippen molar-refractivity contribution < 1.29 is 18.0 Å². The molecule has 3 N–H and O–H groups in total. The van der Waals surface area contributed by atoms with E-state index >= 15 is 0 Å². The molecule has 0 aromatic carbocycles. The molecule has 1 saturated heterocycles. The Morgan fingerprint density at radius 1 is 1.40 bits per heavy atom. The highest BCUT2D eigenvalue weighted by Crippen LogP contribution is 2.33. The highest BCUT2D eigenvalue weighted by molar-refractivity contribution is 5.92. The van der Waals surface area contributed by atoms with Crippen LogP contribution in [-0.4, -0.2) is 40.3 Å². The van der Waals surface area contributed by atoms with Gasteiger partial charge in [0.1, 0.15) is 0 Å². The van der Waals surface area contributed by atoms with Crippen LogP contribution in [0.4, 0.5) is 19.0 Å². The van der Waals surface area contributed by atoms with Gasteiger partial charge in [-0.25, -0.2) is 5.84 Å². The maximum absolute atomic E-state index is 12.7. The van der Waals surface area contributed by atoms with Crippen molar-refractivity contribution in [2.24, 2.45) is 11.8 Å². The molecule has 1 atom stereocenters. The average molecular weight is 289 g/mol. The Kier molecular flexibility index (Phi) is 4.07. The largest absolute Gasteiger partial charge is 0.393 e. The zero-order chi connectivity index (χ0) is 14.8. The van der Waals surface area contributed by atoms with Gasteiger partial charge in [-0.15, -0.1) is 10.2 Å². The van der Waals surface area contributed by atoms with Crippen LogP contribution in [0.15, 0.2) is 12.1 Å². The van der Waals surface area contributed by atoms with Gasteiger partial charge >= 0.3 is 6.18 Å².